The van der Waals surface area contributed by atoms with Crippen molar-refractivity contribution >= 4 is 11.0 Å². The standard InChI is InChI=1S/C12H16N4O/c17-12-15-10-3-5-14-7-11(10)16(12)8-9-2-1-4-13-6-9/h3,5,7,9,13H,1-2,4,6,8H2,(H,15,17). The molecule has 5 heteroatoms. The van der Waals surface area contributed by atoms with E-state index < -0.39 is 0 Å². The number of pyridine rings is 1. The molecular formula is C12H16N4O. The predicted octanol–water partition coefficient (Wildman–Crippen LogP) is 0.724. The molecule has 1 aliphatic rings. The van der Waals surface area contributed by atoms with Gasteiger partial charge in [0, 0.05) is 12.7 Å². The van der Waals surface area contributed by atoms with Crippen LogP contribution in [-0.2, 0) is 6.54 Å². The maximum Gasteiger partial charge on any atom is 0.326 e. The van der Waals surface area contributed by atoms with Gasteiger partial charge in [-0.2, -0.15) is 0 Å². The zero-order valence-corrected chi connectivity index (χ0v) is 9.65. The molecule has 0 saturated carbocycles. The highest BCUT2D eigenvalue weighted by Gasteiger charge is 2.16. The third-order valence-corrected chi connectivity index (χ3v) is 3.42. The summed E-state index contributed by atoms with van der Waals surface area (Å²) < 4.78 is 1.81. The van der Waals surface area contributed by atoms with E-state index in [0.29, 0.717) is 5.92 Å². The second kappa shape index (κ2) is 4.33. The summed E-state index contributed by atoms with van der Waals surface area (Å²) in [5.74, 6) is 0.542. The summed E-state index contributed by atoms with van der Waals surface area (Å²) in [4.78, 5) is 18.8. The van der Waals surface area contributed by atoms with E-state index in [2.05, 4.69) is 15.3 Å². The zero-order valence-electron chi connectivity index (χ0n) is 9.65. The molecule has 5 nitrogen and oxygen atoms in total. The largest absolute Gasteiger partial charge is 0.326 e. The average Bonchev–Trinajstić information content (AvgIpc) is 2.68. The molecule has 1 aliphatic heterocycles. The maximum atomic E-state index is 11.9. The topological polar surface area (TPSA) is 62.7 Å². The molecule has 90 valence electrons. The lowest BCUT2D eigenvalue weighted by Gasteiger charge is -2.22. The van der Waals surface area contributed by atoms with Crippen LogP contribution in [0.3, 0.4) is 0 Å². The van der Waals surface area contributed by atoms with Gasteiger partial charge < -0.3 is 10.3 Å². The molecule has 0 aliphatic carbocycles. The lowest BCUT2D eigenvalue weighted by atomic mass is 10.00. The Labute approximate surface area is 98.9 Å². The zero-order chi connectivity index (χ0) is 11.7. The van der Waals surface area contributed by atoms with Gasteiger partial charge in [0.05, 0.1) is 17.2 Å². The summed E-state index contributed by atoms with van der Waals surface area (Å²) in [6, 6.07) is 1.84. The van der Waals surface area contributed by atoms with E-state index in [9.17, 15) is 4.79 Å². The van der Waals surface area contributed by atoms with Gasteiger partial charge in [-0.15, -0.1) is 0 Å². The third-order valence-electron chi connectivity index (χ3n) is 3.42. The fourth-order valence-electron chi connectivity index (χ4n) is 2.52. The summed E-state index contributed by atoms with van der Waals surface area (Å²) in [7, 11) is 0. The first kappa shape index (κ1) is 10.5. The molecule has 0 radical (unpaired) electrons. The number of aromatic nitrogens is 3. The Hall–Kier alpha value is -1.62. The van der Waals surface area contributed by atoms with Crippen molar-refractivity contribution in [1.82, 2.24) is 19.9 Å². The van der Waals surface area contributed by atoms with Crippen LogP contribution in [0.2, 0.25) is 0 Å². The van der Waals surface area contributed by atoms with Crippen LogP contribution < -0.4 is 11.0 Å². The van der Waals surface area contributed by atoms with Crippen LogP contribution in [0.5, 0.6) is 0 Å². The molecule has 0 bridgehead atoms. The number of aromatic amines is 1. The lowest BCUT2D eigenvalue weighted by Crippen LogP contribution is -2.34. The number of hydrogen-bond donors (Lipinski definition) is 2. The van der Waals surface area contributed by atoms with Crippen LogP contribution in [0.1, 0.15) is 12.8 Å². The van der Waals surface area contributed by atoms with Crippen molar-refractivity contribution in [2.75, 3.05) is 13.1 Å². The first-order valence-electron chi connectivity index (χ1n) is 6.08. The van der Waals surface area contributed by atoms with Crippen molar-refractivity contribution in [1.29, 1.82) is 0 Å². The fraction of sp³-hybridized carbons (Fsp3) is 0.500. The van der Waals surface area contributed by atoms with Crippen molar-refractivity contribution < 1.29 is 0 Å². The fourth-order valence-corrected chi connectivity index (χ4v) is 2.52. The van der Waals surface area contributed by atoms with Gasteiger partial charge in [-0.05, 0) is 37.9 Å². The monoisotopic (exact) mass is 232 g/mol. The van der Waals surface area contributed by atoms with Gasteiger partial charge in [-0.25, -0.2) is 4.79 Å². The minimum absolute atomic E-state index is 0.0291. The van der Waals surface area contributed by atoms with Crippen molar-refractivity contribution in [3.05, 3.63) is 28.9 Å². The number of H-pyrrole nitrogens is 1. The number of nitrogens with one attached hydrogen (secondary N) is 2. The Kier molecular flexibility index (Phi) is 2.68. The molecule has 2 aromatic heterocycles. The van der Waals surface area contributed by atoms with Crippen molar-refractivity contribution in [3.63, 3.8) is 0 Å². The molecule has 0 amide bonds. The van der Waals surface area contributed by atoms with Gasteiger partial charge in [-0.3, -0.25) is 9.55 Å². The smallest absolute Gasteiger partial charge is 0.316 e. The average molecular weight is 232 g/mol. The van der Waals surface area contributed by atoms with Crippen LogP contribution >= 0.6 is 0 Å². The molecule has 17 heavy (non-hydrogen) atoms. The van der Waals surface area contributed by atoms with Gasteiger partial charge >= 0.3 is 5.69 Å². The number of fused-ring (bicyclic) bond motifs is 1. The summed E-state index contributed by atoms with van der Waals surface area (Å²) >= 11 is 0. The SMILES string of the molecule is O=c1[nH]c2ccncc2n1CC1CCCNC1. The van der Waals surface area contributed by atoms with Crippen molar-refractivity contribution in [2.45, 2.75) is 19.4 Å². The molecule has 2 N–H and O–H groups in total. The molecule has 3 heterocycles. The highest BCUT2D eigenvalue weighted by atomic mass is 16.1. The first-order valence-corrected chi connectivity index (χ1v) is 6.08. The first-order chi connectivity index (χ1) is 8.34. The maximum absolute atomic E-state index is 11.9. The molecule has 2 aromatic rings. The predicted molar refractivity (Wildman–Crippen MR) is 65.9 cm³/mol. The molecule has 0 aromatic carbocycles. The lowest BCUT2D eigenvalue weighted by molar-refractivity contribution is 0.337. The van der Waals surface area contributed by atoms with E-state index >= 15 is 0 Å². The summed E-state index contributed by atoms with van der Waals surface area (Å²) in [5.41, 5.74) is 1.75. The third kappa shape index (κ3) is 1.98. The van der Waals surface area contributed by atoms with E-state index in [-0.39, 0.29) is 5.69 Å². The Balaban J connectivity index is 1.93. The Bertz CT molecular complexity index is 565. The van der Waals surface area contributed by atoms with Crippen LogP contribution in [0.4, 0.5) is 0 Å². The van der Waals surface area contributed by atoms with Gasteiger partial charge in [0.25, 0.3) is 0 Å². The van der Waals surface area contributed by atoms with Crippen LogP contribution in [0.25, 0.3) is 11.0 Å². The van der Waals surface area contributed by atoms with Gasteiger partial charge in [0.2, 0.25) is 0 Å². The number of nitrogens with zero attached hydrogens (tertiary/aromatic N) is 2. The van der Waals surface area contributed by atoms with Gasteiger partial charge in [0.15, 0.2) is 0 Å². The Morgan fingerprint density at radius 3 is 3.29 bits per heavy atom. The van der Waals surface area contributed by atoms with E-state index in [4.69, 9.17) is 0 Å². The molecule has 1 fully saturated rings. The van der Waals surface area contributed by atoms with Crippen LogP contribution in [0, 0.1) is 5.92 Å². The second-order valence-electron chi connectivity index (χ2n) is 4.65. The second-order valence-corrected chi connectivity index (χ2v) is 4.65. The minimum atomic E-state index is -0.0291. The van der Waals surface area contributed by atoms with E-state index in [1.807, 2.05) is 6.07 Å². The Morgan fingerprint density at radius 2 is 2.47 bits per heavy atom. The van der Waals surface area contributed by atoms with Gasteiger partial charge in [-0.1, -0.05) is 0 Å². The van der Waals surface area contributed by atoms with E-state index in [1.54, 1.807) is 17.0 Å². The molecule has 3 rings (SSSR count). The van der Waals surface area contributed by atoms with Gasteiger partial charge in [0.1, 0.15) is 0 Å². The minimum Gasteiger partial charge on any atom is -0.316 e. The number of imidazole rings is 1. The summed E-state index contributed by atoms with van der Waals surface area (Å²) in [6.45, 7) is 2.87. The van der Waals surface area contributed by atoms with Crippen LogP contribution in [0.15, 0.2) is 23.3 Å². The molecule has 1 saturated heterocycles. The summed E-state index contributed by atoms with van der Waals surface area (Å²) in [5, 5.41) is 3.37. The van der Waals surface area contributed by atoms with E-state index in [0.717, 1.165) is 30.7 Å². The molecule has 1 unspecified atom stereocenters. The van der Waals surface area contributed by atoms with Crippen molar-refractivity contribution in [2.24, 2.45) is 5.92 Å². The molecular weight excluding hydrogens is 216 g/mol. The normalized spacial score (nSPS) is 20.8. The van der Waals surface area contributed by atoms with E-state index in [1.165, 1.54) is 12.8 Å². The van der Waals surface area contributed by atoms with Crippen molar-refractivity contribution in [3.8, 4) is 0 Å². The number of rotatable bonds is 2. The Morgan fingerprint density at radius 1 is 1.53 bits per heavy atom. The molecule has 0 spiro atoms. The summed E-state index contributed by atoms with van der Waals surface area (Å²) in [6.07, 6.45) is 5.83. The highest BCUT2D eigenvalue weighted by Crippen LogP contribution is 2.14. The van der Waals surface area contributed by atoms with Crippen LogP contribution in [-0.4, -0.2) is 27.6 Å². The molecule has 1 atom stereocenters. The number of hydrogen-bond acceptors (Lipinski definition) is 3. The number of piperidine rings is 1. The quantitative estimate of drug-likeness (QED) is 0.802. The highest BCUT2D eigenvalue weighted by molar-refractivity contribution is 5.73.